The Kier molecular flexibility index (Phi) is 2.63. The lowest BCUT2D eigenvalue weighted by atomic mass is 10.2. The summed E-state index contributed by atoms with van der Waals surface area (Å²) in [5.74, 6) is 0. The standard InChI is InChI=1S/C10H15N3O/c1-12-4-2-3-10(12)6-13-5-9(7-14)11-8-13/h5,7-8,10H,2-4,6H2,1H3. The lowest BCUT2D eigenvalue weighted by Crippen LogP contribution is -2.28. The second-order valence-electron chi connectivity index (χ2n) is 3.89. The summed E-state index contributed by atoms with van der Waals surface area (Å²) in [6.07, 6.45) is 6.84. The third-order valence-corrected chi connectivity index (χ3v) is 2.87. The Morgan fingerprint density at radius 3 is 3.14 bits per heavy atom. The number of likely N-dealkylation sites (tertiary alicyclic amines) is 1. The monoisotopic (exact) mass is 193 g/mol. The highest BCUT2D eigenvalue weighted by Crippen LogP contribution is 2.16. The Bertz CT molecular complexity index is 321. The molecule has 14 heavy (non-hydrogen) atoms. The van der Waals surface area contributed by atoms with Gasteiger partial charge in [0, 0.05) is 18.8 Å². The van der Waals surface area contributed by atoms with Crippen LogP contribution in [-0.4, -0.2) is 40.4 Å². The van der Waals surface area contributed by atoms with Crippen LogP contribution in [0.5, 0.6) is 0 Å². The molecule has 1 saturated heterocycles. The molecule has 0 aliphatic carbocycles. The Morgan fingerprint density at radius 1 is 1.71 bits per heavy atom. The molecular formula is C10H15N3O. The second-order valence-corrected chi connectivity index (χ2v) is 3.89. The van der Waals surface area contributed by atoms with Gasteiger partial charge in [0.15, 0.2) is 6.29 Å². The number of hydrogen-bond donors (Lipinski definition) is 0. The minimum atomic E-state index is 0.519. The van der Waals surface area contributed by atoms with Gasteiger partial charge in [0.2, 0.25) is 0 Å². The molecule has 0 radical (unpaired) electrons. The topological polar surface area (TPSA) is 38.1 Å². The first kappa shape index (κ1) is 9.40. The first-order chi connectivity index (χ1) is 6.79. The normalized spacial score (nSPS) is 22.8. The number of carbonyl (C=O) groups is 1. The molecule has 1 aromatic heterocycles. The van der Waals surface area contributed by atoms with Crippen molar-refractivity contribution in [3.63, 3.8) is 0 Å². The molecule has 0 N–H and O–H groups in total. The van der Waals surface area contributed by atoms with Crippen molar-refractivity contribution in [1.29, 1.82) is 0 Å². The fourth-order valence-corrected chi connectivity index (χ4v) is 1.99. The maximum atomic E-state index is 10.4. The van der Waals surface area contributed by atoms with Gasteiger partial charge in [0.25, 0.3) is 0 Å². The number of nitrogens with zero attached hydrogens (tertiary/aromatic N) is 3. The van der Waals surface area contributed by atoms with E-state index in [0.717, 1.165) is 12.8 Å². The van der Waals surface area contributed by atoms with Crippen molar-refractivity contribution in [2.75, 3.05) is 13.6 Å². The van der Waals surface area contributed by atoms with E-state index in [1.807, 2.05) is 4.57 Å². The van der Waals surface area contributed by atoms with Crippen LogP contribution in [-0.2, 0) is 6.54 Å². The van der Waals surface area contributed by atoms with Crippen LogP contribution in [0.15, 0.2) is 12.5 Å². The summed E-state index contributed by atoms with van der Waals surface area (Å²) in [5, 5.41) is 0. The Balaban J connectivity index is 1.99. The van der Waals surface area contributed by atoms with Crippen molar-refractivity contribution in [3.05, 3.63) is 18.2 Å². The van der Waals surface area contributed by atoms with Crippen LogP contribution in [0.4, 0.5) is 0 Å². The van der Waals surface area contributed by atoms with Crippen LogP contribution in [0, 0.1) is 0 Å². The summed E-state index contributed by atoms with van der Waals surface area (Å²) in [6, 6.07) is 0.601. The third kappa shape index (κ3) is 1.85. The predicted octanol–water partition coefficient (Wildman–Crippen LogP) is 0.790. The van der Waals surface area contributed by atoms with Crippen molar-refractivity contribution < 1.29 is 4.79 Å². The largest absolute Gasteiger partial charge is 0.335 e. The van der Waals surface area contributed by atoms with Gasteiger partial charge in [-0.25, -0.2) is 4.98 Å². The molecule has 1 aliphatic heterocycles. The minimum absolute atomic E-state index is 0.519. The van der Waals surface area contributed by atoms with E-state index in [0.29, 0.717) is 11.7 Å². The highest BCUT2D eigenvalue weighted by atomic mass is 16.1. The maximum absolute atomic E-state index is 10.4. The second kappa shape index (κ2) is 3.92. The summed E-state index contributed by atoms with van der Waals surface area (Å²) in [5.41, 5.74) is 0.519. The highest BCUT2D eigenvalue weighted by Gasteiger charge is 2.20. The summed E-state index contributed by atoms with van der Waals surface area (Å²) in [6.45, 7) is 2.12. The zero-order chi connectivity index (χ0) is 9.97. The van der Waals surface area contributed by atoms with E-state index in [4.69, 9.17) is 0 Å². The summed E-state index contributed by atoms with van der Waals surface area (Å²) in [4.78, 5) is 16.8. The average Bonchev–Trinajstić information content (AvgIpc) is 2.77. The van der Waals surface area contributed by atoms with Crippen molar-refractivity contribution in [2.45, 2.75) is 25.4 Å². The molecule has 1 fully saturated rings. The van der Waals surface area contributed by atoms with Gasteiger partial charge < -0.3 is 9.47 Å². The van der Waals surface area contributed by atoms with Crippen molar-refractivity contribution >= 4 is 6.29 Å². The number of aromatic nitrogens is 2. The first-order valence-corrected chi connectivity index (χ1v) is 4.97. The smallest absolute Gasteiger partial charge is 0.169 e. The van der Waals surface area contributed by atoms with Gasteiger partial charge >= 0.3 is 0 Å². The summed E-state index contributed by atoms with van der Waals surface area (Å²) >= 11 is 0. The molecule has 2 rings (SSSR count). The molecule has 0 aromatic carbocycles. The van der Waals surface area contributed by atoms with E-state index in [-0.39, 0.29) is 0 Å². The van der Waals surface area contributed by atoms with Gasteiger partial charge in [-0.1, -0.05) is 0 Å². The van der Waals surface area contributed by atoms with Crippen LogP contribution in [0.1, 0.15) is 23.3 Å². The van der Waals surface area contributed by atoms with Gasteiger partial charge in [-0.15, -0.1) is 0 Å². The number of rotatable bonds is 3. The van der Waals surface area contributed by atoms with Crippen LogP contribution in [0.2, 0.25) is 0 Å². The molecule has 4 heteroatoms. The Labute approximate surface area is 83.5 Å². The van der Waals surface area contributed by atoms with Crippen molar-refractivity contribution in [1.82, 2.24) is 14.5 Å². The molecule has 1 atom stereocenters. The highest BCUT2D eigenvalue weighted by molar-refractivity contribution is 5.70. The number of imidazole rings is 1. The van der Waals surface area contributed by atoms with E-state index < -0.39 is 0 Å². The maximum Gasteiger partial charge on any atom is 0.169 e. The van der Waals surface area contributed by atoms with Crippen molar-refractivity contribution in [2.24, 2.45) is 0 Å². The van der Waals surface area contributed by atoms with Gasteiger partial charge in [-0.05, 0) is 26.4 Å². The Hall–Kier alpha value is -1.16. The molecule has 1 aromatic rings. The molecule has 0 bridgehead atoms. The lowest BCUT2D eigenvalue weighted by Gasteiger charge is -2.19. The van der Waals surface area contributed by atoms with Crippen LogP contribution in [0.3, 0.4) is 0 Å². The molecule has 4 nitrogen and oxygen atoms in total. The van der Waals surface area contributed by atoms with E-state index in [2.05, 4.69) is 16.9 Å². The van der Waals surface area contributed by atoms with Crippen LogP contribution < -0.4 is 0 Å². The van der Waals surface area contributed by atoms with E-state index in [1.54, 1.807) is 12.5 Å². The minimum Gasteiger partial charge on any atom is -0.335 e. The summed E-state index contributed by atoms with van der Waals surface area (Å²) < 4.78 is 2.00. The van der Waals surface area contributed by atoms with Gasteiger partial charge in [-0.2, -0.15) is 0 Å². The molecule has 0 amide bonds. The molecular weight excluding hydrogens is 178 g/mol. The third-order valence-electron chi connectivity index (χ3n) is 2.87. The molecule has 0 spiro atoms. The molecule has 76 valence electrons. The zero-order valence-electron chi connectivity index (χ0n) is 8.39. The number of aldehydes is 1. The summed E-state index contributed by atoms with van der Waals surface area (Å²) in [7, 11) is 2.15. The van der Waals surface area contributed by atoms with Gasteiger partial charge in [-0.3, -0.25) is 4.79 Å². The molecule has 0 saturated carbocycles. The SMILES string of the molecule is CN1CCCC1Cn1cnc(C=O)c1. The molecule has 1 aliphatic rings. The van der Waals surface area contributed by atoms with Crippen molar-refractivity contribution in [3.8, 4) is 0 Å². The zero-order valence-corrected chi connectivity index (χ0v) is 8.39. The number of hydrogen-bond acceptors (Lipinski definition) is 3. The quantitative estimate of drug-likeness (QED) is 0.666. The molecule has 2 heterocycles. The Morgan fingerprint density at radius 2 is 2.57 bits per heavy atom. The van der Waals surface area contributed by atoms with Crippen LogP contribution >= 0.6 is 0 Å². The fourth-order valence-electron chi connectivity index (χ4n) is 1.99. The van der Waals surface area contributed by atoms with Gasteiger partial charge in [0.05, 0.1) is 6.33 Å². The lowest BCUT2D eigenvalue weighted by molar-refractivity contribution is 0.111. The molecule has 1 unspecified atom stereocenters. The van der Waals surface area contributed by atoms with E-state index >= 15 is 0 Å². The average molecular weight is 193 g/mol. The fraction of sp³-hybridized carbons (Fsp3) is 0.600. The number of likely N-dealkylation sites (N-methyl/N-ethyl adjacent to an activating group) is 1. The van der Waals surface area contributed by atoms with E-state index in [9.17, 15) is 4.79 Å². The first-order valence-electron chi connectivity index (χ1n) is 4.97. The van der Waals surface area contributed by atoms with E-state index in [1.165, 1.54) is 19.4 Å². The van der Waals surface area contributed by atoms with Crippen LogP contribution in [0.25, 0.3) is 0 Å². The van der Waals surface area contributed by atoms with Gasteiger partial charge in [0.1, 0.15) is 5.69 Å². The predicted molar refractivity (Wildman–Crippen MR) is 53.3 cm³/mol. The number of carbonyl (C=O) groups excluding carboxylic acids is 1.